The molecule has 0 saturated heterocycles. The topological polar surface area (TPSA) is 76.9 Å². The lowest BCUT2D eigenvalue weighted by Gasteiger charge is -2.07. The molecule has 20 heavy (non-hydrogen) atoms. The molecule has 0 radical (unpaired) electrons. The van der Waals surface area contributed by atoms with Gasteiger partial charge in [-0.05, 0) is 18.6 Å². The van der Waals surface area contributed by atoms with Crippen LogP contribution in [0.3, 0.4) is 0 Å². The maximum Gasteiger partial charge on any atom is 0.253 e. The minimum absolute atomic E-state index is 0.0624. The van der Waals surface area contributed by atoms with Crippen molar-refractivity contribution in [2.45, 2.75) is 26.3 Å². The first kappa shape index (κ1) is 13.9. The zero-order valence-corrected chi connectivity index (χ0v) is 11.2. The highest BCUT2D eigenvalue weighted by Crippen LogP contribution is 2.02. The third kappa shape index (κ3) is 3.74. The monoisotopic (exact) mass is 272 g/mol. The summed E-state index contributed by atoms with van der Waals surface area (Å²) in [6.07, 6.45) is 6.27. The van der Waals surface area contributed by atoms with E-state index in [0.29, 0.717) is 5.69 Å². The normalized spacial score (nSPS) is 10.2. The van der Waals surface area contributed by atoms with Crippen molar-refractivity contribution >= 4 is 11.6 Å². The van der Waals surface area contributed by atoms with E-state index in [9.17, 15) is 9.59 Å². The summed E-state index contributed by atoms with van der Waals surface area (Å²) in [5.74, 6) is -0.287. The van der Waals surface area contributed by atoms with Gasteiger partial charge in [0.2, 0.25) is 5.91 Å². The Morgan fingerprint density at radius 1 is 1.45 bits per heavy atom. The Morgan fingerprint density at radius 2 is 2.30 bits per heavy atom. The number of anilines is 1. The Bertz CT molecular complexity index is 637. The number of pyridine rings is 1. The molecule has 6 nitrogen and oxygen atoms in total. The van der Waals surface area contributed by atoms with Gasteiger partial charge in [-0.15, -0.1) is 0 Å². The molecule has 1 amide bonds. The highest BCUT2D eigenvalue weighted by molar-refractivity contribution is 5.90. The maximum atomic E-state index is 11.8. The summed E-state index contributed by atoms with van der Waals surface area (Å²) in [6.45, 7) is 1.96. The Kier molecular flexibility index (Phi) is 4.60. The first-order chi connectivity index (χ1) is 9.69. The van der Waals surface area contributed by atoms with Crippen LogP contribution in [0.1, 0.15) is 19.0 Å². The second-order valence-corrected chi connectivity index (χ2v) is 4.39. The van der Waals surface area contributed by atoms with Crippen molar-refractivity contribution < 1.29 is 4.79 Å². The molecule has 2 rings (SSSR count). The molecule has 2 aromatic heterocycles. The van der Waals surface area contributed by atoms with Gasteiger partial charge in [0.1, 0.15) is 6.54 Å². The van der Waals surface area contributed by atoms with Crippen molar-refractivity contribution in [2.75, 3.05) is 5.32 Å². The second-order valence-electron chi connectivity index (χ2n) is 4.39. The summed E-state index contributed by atoms with van der Waals surface area (Å²) in [6, 6.07) is 4.93. The number of hydrogen-bond donors (Lipinski definition) is 1. The van der Waals surface area contributed by atoms with Crippen LogP contribution in [0.5, 0.6) is 0 Å². The van der Waals surface area contributed by atoms with E-state index in [-0.39, 0.29) is 18.0 Å². The largest absolute Gasteiger partial charge is 0.323 e. The molecule has 0 saturated carbocycles. The molecule has 0 unspecified atom stereocenters. The first-order valence-electron chi connectivity index (χ1n) is 6.44. The lowest BCUT2D eigenvalue weighted by atomic mass is 10.2. The van der Waals surface area contributed by atoms with Crippen LogP contribution in [0.2, 0.25) is 0 Å². The summed E-state index contributed by atoms with van der Waals surface area (Å²) in [4.78, 5) is 31.7. The Labute approximate surface area is 116 Å². The number of hydrogen-bond acceptors (Lipinski definition) is 4. The number of carbonyl (C=O) groups excluding carboxylic acids is 1. The molecule has 104 valence electrons. The molecule has 0 atom stereocenters. The van der Waals surface area contributed by atoms with Crippen LogP contribution in [-0.4, -0.2) is 20.4 Å². The second kappa shape index (κ2) is 6.60. The standard InChI is InChI=1S/C14H16N4O2/c1-2-4-11-7-14(20)18(10-16-11)9-13(19)17-12-5-3-6-15-8-12/h3,5-8,10H,2,4,9H2,1H3,(H,17,19). The Hall–Kier alpha value is -2.50. The van der Waals surface area contributed by atoms with Gasteiger partial charge in [0, 0.05) is 18.0 Å². The van der Waals surface area contributed by atoms with Gasteiger partial charge in [-0.1, -0.05) is 13.3 Å². The minimum Gasteiger partial charge on any atom is -0.323 e. The number of aromatic nitrogens is 3. The number of nitrogens with zero attached hydrogens (tertiary/aromatic N) is 3. The lowest BCUT2D eigenvalue weighted by Crippen LogP contribution is -2.27. The molecule has 6 heteroatoms. The molecule has 0 aliphatic heterocycles. The number of rotatable bonds is 5. The van der Waals surface area contributed by atoms with Crippen LogP contribution in [0, 0.1) is 0 Å². The number of nitrogens with one attached hydrogen (secondary N) is 1. The van der Waals surface area contributed by atoms with E-state index in [1.54, 1.807) is 24.5 Å². The van der Waals surface area contributed by atoms with Gasteiger partial charge in [-0.3, -0.25) is 19.1 Å². The van der Waals surface area contributed by atoms with Gasteiger partial charge in [0.25, 0.3) is 5.56 Å². The van der Waals surface area contributed by atoms with E-state index in [1.807, 2.05) is 6.92 Å². The molecule has 1 N–H and O–H groups in total. The van der Waals surface area contributed by atoms with E-state index in [2.05, 4.69) is 15.3 Å². The van der Waals surface area contributed by atoms with Crippen molar-refractivity contribution in [1.82, 2.24) is 14.5 Å². The lowest BCUT2D eigenvalue weighted by molar-refractivity contribution is -0.116. The number of aryl methyl sites for hydroxylation is 1. The van der Waals surface area contributed by atoms with E-state index >= 15 is 0 Å². The third-order valence-electron chi connectivity index (χ3n) is 2.70. The van der Waals surface area contributed by atoms with Gasteiger partial charge in [-0.25, -0.2) is 4.98 Å². The molecule has 0 bridgehead atoms. The predicted octanol–water partition coefficient (Wildman–Crippen LogP) is 1.23. The van der Waals surface area contributed by atoms with Crippen LogP contribution >= 0.6 is 0 Å². The van der Waals surface area contributed by atoms with Gasteiger partial charge >= 0.3 is 0 Å². The highest BCUT2D eigenvalue weighted by atomic mass is 16.2. The third-order valence-corrected chi connectivity index (χ3v) is 2.70. The number of amides is 1. The summed E-state index contributed by atoms with van der Waals surface area (Å²) >= 11 is 0. The Morgan fingerprint density at radius 3 is 2.95 bits per heavy atom. The quantitative estimate of drug-likeness (QED) is 0.888. The van der Waals surface area contributed by atoms with Crippen molar-refractivity contribution in [3.05, 3.63) is 53.0 Å². The molecule has 0 spiro atoms. The fourth-order valence-corrected chi connectivity index (χ4v) is 1.77. The molecule has 0 aliphatic carbocycles. The van der Waals surface area contributed by atoms with Crippen molar-refractivity contribution in [2.24, 2.45) is 0 Å². The van der Waals surface area contributed by atoms with Gasteiger partial charge < -0.3 is 5.32 Å². The minimum atomic E-state index is -0.287. The van der Waals surface area contributed by atoms with E-state index in [4.69, 9.17) is 0 Å². The summed E-state index contributed by atoms with van der Waals surface area (Å²) in [7, 11) is 0. The van der Waals surface area contributed by atoms with Crippen LogP contribution in [0.15, 0.2) is 41.7 Å². The van der Waals surface area contributed by atoms with E-state index < -0.39 is 0 Å². The zero-order valence-electron chi connectivity index (χ0n) is 11.2. The SMILES string of the molecule is CCCc1cc(=O)n(CC(=O)Nc2cccnc2)cn1. The fraction of sp³-hybridized carbons (Fsp3) is 0.286. The van der Waals surface area contributed by atoms with E-state index in [1.165, 1.54) is 17.0 Å². The van der Waals surface area contributed by atoms with Crippen molar-refractivity contribution in [3.8, 4) is 0 Å². The van der Waals surface area contributed by atoms with Crippen LogP contribution in [-0.2, 0) is 17.8 Å². The van der Waals surface area contributed by atoms with Crippen molar-refractivity contribution in [1.29, 1.82) is 0 Å². The van der Waals surface area contributed by atoms with Crippen LogP contribution in [0.4, 0.5) is 5.69 Å². The molecule has 2 heterocycles. The zero-order chi connectivity index (χ0) is 14.4. The molecular formula is C14H16N4O2. The van der Waals surface area contributed by atoms with Gasteiger partial charge in [-0.2, -0.15) is 0 Å². The highest BCUT2D eigenvalue weighted by Gasteiger charge is 2.06. The first-order valence-corrected chi connectivity index (χ1v) is 6.44. The molecule has 0 fully saturated rings. The summed E-state index contributed by atoms with van der Waals surface area (Å²) in [5, 5.41) is 2.67. The molecule has 0 aliphatic rings. The predicted molar refractivity (Wildman–Crippen MR) is 75.4 cm³/mol. The van der Waals surface area contributed by atoms with Crippen LogP contribution < -0.4 is 10.9 Å². The molecule has 2 aromatic rings. The number of carbonyl (C=O) groups is 1. The van der Waals surface area contributed by atoms with Gasteiger partial charge in [0.15, 0.2) is 0 Å². The van der Waals surface area contributed by atoms with Gasteiger partial charge in [0.05, 0.1) is 18.2 Å². The smallest absolute Gasteiger partial charge is 0.253 e. The average Bonchev–Trinajstić information content (AvgIpc) is 2.43. The van der Waals surface area contributed by atoms with Crippen LogP contribution in [0.25, 0.3) is 0 Å². The maximum absolute atomic E-state index is 11.8. The Balaban J connectivity index is 2.03. The van der Waals surface area contributed by atoms with Crippen molar-refractivity contribution in [3.63, 3.8) is 0 Å². The summed E-state index contributed by atoms with van der Waals surface area (Å²) < 4.78 is 1.28. The summed E-state index contributed by atoms with van der Waals surface area (Å²) in [5.41, 5.74) is 1.13. The van der Waals surface area contributed by atoms with E-state index in [0.717, 1.165) is 18.5 Å². The fourth-order valence-electron chi connectivity index (χ4n) is 1.77. The average molecular weight is 272 g/mol. The molecular weight excluding hydrogens is 256 g/mol. The molecule has 0 aromatic carbocycles.